The molecular formula is C32H27ClN4O5. The van der Waals surface area contributed by atoms with Gasteiger partial charge in [0, 0.05) is 22.7 Å². The minimum absolute atomic E-state index is 0.209. The summed E-state index contributed by atoms with van der Waals surface area (Å²) in [6.45, 7) is 0.519. The number of rotatable bonds is 7. The fraction of sp³-hybridized carbons (Fsp3) is 0.156. The lowest BCUT2D eigenvalue weighted by atomic mass is 10.0. The highest BCUT2D eigenvalue weighted by Gasteiger charge is 2.56. The van der Waals surface area contributed by atoms with Gasteiger partial charge in [-0.25, -0.2) is 0 Å². The zero-order valence-electron chi connectivity index (χ0n) is 22.4. The molecule has 1 fully saturated rings. The highest BCUT2D eigenvalue weighted by molar-refractivity contribution is 6.31. The smallest absolute Gasteiger partial charge is 0.293 e. The van der Waals surface area contributed by atoms with Crippen molar-refractivity contribution in [3.05, 3.63) is 113 Å². The Morgan fingerprint density at radius 2 is 1.64 bits per heavy atom. The summed E-state index contributed by atoms with van der Waals surface area (Å²) in [5, 5.41) is 6.15. The van der Waals surface area contributed by atoms with Crippen molar-refractivity contribution in [3.63, 3.8) is 0 Å². The number of benzene rings is 4. The van der Waals surface area contributed by atoms with Crippen LogP contribution < -0.4 is 21.3 Å². The van der Waals surface area contributed by atoms with Crippen molar-refractivity contribution in [2.24, 2.45) is 0 Å². The highest BCUT2D eigenvalue weighted by atomic mass is 35.5. The van der Waals surface area contributed by atoms with Gasteiger partial charge in [0.05, 0.1) is 30.3 Å². The van der Waals surface area contributed by atoms with E-state index in [1.54, 1.807) is 48.5 Å². The molecule has 2 heterocycles. The van der Waals surface area contributed by atoms with Crippen LogP contribution >= 0.6 is 11.6 Å². The average molecular weight is 583 g/mol. The van der Waals surface area contributed by atoms with E-state index < -0.39 is 11.7 Å². The zero-order chi connectivity index (χ0) is 29.3. The van der Waals surface area contributed by atoms with Crippen molar-refractivity contribution in [1.29, 1.82) is 0 Å². The van der Waals surface area contributed by atoms with Crippen LogP contribution in [0.1, 0.15) is 21.5 Å². The number of nitrogens with two attached hydrogens (primary N) is 1. The number of fused-ring (bicyclic) bond motifs is 2. The lowest BCUT2D eigenvalue weighted by molar-refractivity contribution is -0.180. The Morgan fingerprint density at radius 1 is 0.905 bits per heavy atom. The number of carbonyl (C=O) groups is 3. The van der Waals surface area contributed by atoms with Crippen LogP contribution in [0.3, 0.4) is 0 Å². The van der Waals surface area contributed by atoms with Gasteiger partial charge in [0.1, 0.15) is 6.54 Å². The predicted octanol–water partition coefficient (Wildman–Crippen LogP) is 4.70. The number of anilines is 3. The normalized spacial score (nSPS) is 15.1. The third-order valence-electron chi connectivity index (χ3n) is 7.24. The van der Waals surface area contributed by atoms with E-state index in [0.29, 0.717) is 33.2 Å². The molecule has 0 saturated carbocycles. The minimum Gasteiger partial charge on any atom is -0.397 e. The Bertz CT molecular complexity index is 1670. The largest absolute Gasteiger partial charge is 0.397 e. The second-order valence-corrected chi connectivity index (χ2v) is 10.4. The third-order valence-corrected chi connectivity index (χ3v) is 7.48. The van der Waals surface area contributed by atoms with Gasteiger partial charge in [-0.2, -0.15) is 0 Å². The molecule has 42 heavy (non-hydrogen) atoms. The molecule has 3 amide bonds. The molecule has 0 unspecified atom stereocenters. The van der Waals surface area contributed by atoms with E-state index in [1.165, 1.54) is 4.90 Å². The molecule has 0 atom stereocenters. The zero-order valence-corrected chi connectivity index (χ0v) is 23.2. The minimum atomic E-state index is -1.57. The average Bonchev–Trinajstić information content (AvgIpc) is 3.58. The van der Waals surface area contributed by atoms with Gasteiger partial charge in [0.15, 0.2) is 0 Å². The number of hydrogen-bond donors (Lipinski definition) is 3. The first-order valence-corrected chi connectivity index (χ1v) is 13.7. The van der Waals surface area contributed by atoms with Crippen LogP contribution in [0.25, 0.3) is 11.1 Å². The fourth-order valence-corrected chi connectivity index (χ4v) is 5.27. The number of carbonyl (C=O) groups excluding carboxylic acids is 3. The van der Waals surface area contributed by atoms with E-state index in [1.807, 2.05) is 42.5 Å². The standard InChI is InChI=1S/C32H27ClN4O5/c33-24-11-13-28-25(17-24)32(41-14-15-42-32)31(40)37(28)19-29(38)35-18-20-6-8-22(9-7-20)30(39)36-27-16-23(10-12-26(27)34)21-4-2-1-3-5-21/h1-13,16-17H,14-15,18-19,34H2,(H,35,38)(H,36,39). The lowest BCUT2D eigenvalue weighted by Crippen LogP contribution is -2.45. The third kappa shape index (κ3) is 5.21. The summed E-state index contributed by atoms with van der Waals surface area (Å²) in [4.78, 5) is 40.4. The van der Waals surface area contributed by atoms with Gasteiger partial charge >= 0.3 is 0 Å². The molecule has 4 N–H and O–H groups in total. The molecule has 4 aromatic rings. The van der Waals surface area contributed by atoms with Crippen molar-refractivity contribution in [3.8, 4) is 11.1 Å². The number of hydrogen-bond acceptors (Lipinski definition) is 6. The molecule has 212 valence electrons. The van der Waals surface area contributed by atoms with Crippen molar-refractivity contribution in [2.75, 3.05) is 35.7 Å². The van der Waals surface area contributed by atoms with Gasteiger partial charge < -0.3 is 25.8 Å². The number of halogens is 1. The Kier molecular flexibility index (Phi) is 7.38. The molecule has 0 bridgehead atoms. The van der Waals surface area contributed by atoms with E-state index in [2.05, 4.69) is 10.6 Å². The number of amides is 3. The lowest BCUT2D eigenvalue weighted by Gasteiger charge is -2.21. The van der Waals surface area contributed by atoms with Gasteiger partial charge in [0.25, 0.3) is 17.6 Å². The van der Waals surface area contributed by atoms with E-state index in [9.17, 15) is 14.4 Å². The number of nitrogen functional groups attached to an aromatic ring is 1. The molecule has 1 spiro atoms. The molecule has 4 aromatic carbocycles. The van der Waals surface area contributed by atoms with Crippen LogP contribution in [0, 0.1) is 0 Å². The fourth-order valence-electron chi connectivity index (χ4n) is 5.10. The summed E-state index contributed by atoms with van der Waals surface area (Å²) < 4.78 is 11.4. The molecule has 6 rings (SSSR count). The van der Waals surface area contributed by atoms with Crippen LogP contribution in [0.15, 0.2) is 91.0 Å². The second-order valence-electron chi connectivity index (χ2n) is 9.96. The van der Waals surface area contributed by atoms with Crippen LogP contribution in [-0.2, 0) is 31.4 Å². The molecule has 0 radical (unpaired) electrons. The van der Waals surface area contributed by atoms with Crippen LogP contribution in [0.2, 0.25) is 5.02 Å². The first-order valence-electron chi connectivity index (χ1n) is 13.4. The van der Waals surface area contributed by atoms with E-state index in [0.717, 1.165) is 16.7 Å². The monoisotopic (exact) mass is 582 g/mol. The second kappa shape index (κ2) is 11.3. The van der Waals surface area contributed by atoms with Gasteiger partial charge in [-0.1, -0.05) is 60.1 Å². The highest BCUT2D eigenvalue weighted by Crippen LogP contribution is 2.46. The van der Waals surface area contributed by atoms with Crippen molar-refractivity contribution >= 4 is 46.4 Å². The van der Waals surface area contributed by atoms with Crippen LogP contribution in [-0.4, -0.2) is 37.5 Å². The Morgan fingerprint density at radius 3 is 2.38 bits per heavy atom. The van der Waals surface area contributed by atoms with Crippen molar-refractivity contribution in [1.82, 2.24) is 5.32 Å². The van der Waals surface area contributed by atoms with Crippen molar-refractivity contribution < 1.29 is 23.9 Å². The first kappa shape index (κ1) is 27.5. The molecule has 0 aliphatic carbocycles. The SMILES string of the molecule is Nc1ccc(-c2ccccc2)cc1NC(=O)c1ccc(CNC(=O)CN2C(=O)C3(OCCO3)c3cc(Cl)ccc32)cc1. The van der Waals surface area contributed by atoms with Gasteiger partial charge in [0.2, 0.25) is 5.91 Å². The van der Waals surface area contributed by atoms with Gasteiger partial charge in [-0.05, 0) is 59.2 Å². The Hall–Kier alpha value is -4.70. The van der Waals surface area contributed by atoms with Gasteiger partial charge in [-0.3, -0.25) is 19.3 Å². The summed E-state index contributed by atoms with van der Waals surface area (Å²) >= 11 is 6.16. The van der Waals surface area contributed by atoms with E-state index >= 15 is 0 Å². The Labute approximate surface area is 247 Å². The van der Waals surface area contributed by atoms with Gasteiger partial charge in [-0.15, -0.1) is 0 Å². The first-order chi connectivity index (χ1) is 20.3. The number of nitrogens with zero attached hydrogens (tertiary/aromatic N) is 1. The molecule has 1 saturated heterocycles. The predicted molar refractivity (Wildman–Crippen MR) is 160 cm³/mol. The maximum absolute atomic E-state index is 13.3. The molecule has 2 aliphatic heterocycles. The molecule has 9 nitrogen and oxygen atoms in total. The maximum atomic E-state index is 13.3. The van der Waals surface area contributed by atoms with E-state index in [-0.39, 0.29) is 38.1 Å². The summed E-state index contributed by atoms with van der Waals surface area (Å²) in [6, 6.07) is 27.2. The number of ether oxygens (including phenoxy) is 2. The summed E-state index contributed by atoms with van der Waals surface area (Å²) in [6.07, 6.45) is 0. The summed E-state index contributed by atoms with van der Waals surface area (Å²) in [5.74, 6) is -2.70. The number of nitrogens with one attached hydrogen (secondary N) is 2. The molecule has 0 aromatic heterocycles. The van der Waals surface area contributed by atoms with E-state index in [4.69, 9.17) is 26.8 Å². The maximum Gasteiger partial charge on any atom is 0.293 e. The summed E-state index contributed by atoms with van der Waals surface area (Å²) in [7, 11) is 0. The molecule has 2 aliphatic rings. The quantitative estimate of drug-likeness (QED) is 0.271. The van der Waals surface area contributed by atoms with Crippen LogP contribution in [0.5, 0.6) is 0 Å². The van der Waals surface area contributed by atoms with Crippen molar-refractivity contribution in [2.45, 2.75) is 12.3 Å². The summed E-state index contributed by atoms with van der Waals surface area (Å²) in [5.41, 5.74) is 11.3. The molecule has 10 heteroatoms. The molecular weight excluding hydrogens is 556 g/mol. The topological polar surface area (TPSA) is 123 Å². The van der Waals surface area contributed by atoms with Crippen LogP contribution in [0.4, 0.5) is 17.1 Å². The Balaban J connectivity index is 1.07.